The van der Waals surface area contributed by atoms with Gasteiger partial charge in [0.2, 0.25) is 0 Å². The molecule has 3 N–H and O–H groups in total. The topological polar surface area (TPSA) is 87.7 Å². The Balaban J connectivity index is 2.81. The van der Waals surface area contributed by atoms with Gasteiger partial charge in [-0.15, -0.1) is 0 Å². The van der Waals surface area contributed by atoms with E-state index in [2.05, 4.69) is 10.6 Å². The zero-order chi connectivity index (χ0) is 15.8. The van der Waals surface area contributed by atoms with Crippen molar-refractivity contribution in [1.29, 1.82) is 0 Å². The lowest BCUT2D eigenvalue weighted by atomic mass is 10.1. The third-order valence-electron chi connectivity index (χ3n) is 3.08. The Morgan fingerprint density at radius 1 is 1.38 bits per heavy atom. The Morgan fingerprint density at radius 3 is 2.67 bits per heavy atom. The molecule has 0 aliphatic carbocycles. The van der Waals surface area contributed by atoms with Gasteiger partial charge in [-0.05, 0) is 25.0 Å². The fourth-order valence-electron chi connectivity index (χ4n) is 2.09. The van der Waals surface area contributed by atoms with E-state index < -0.39 is 12.0 Å². The number of aromatic carboxylic acids is 1. The van der Waals surface area contributed by atoms with Crippen molar-refractivity contribution < 1.29 is 19.4 Å². The first-order chi connectivity index (χ1) is 9.99. The molecule has 116 valence electrons. The number of para-hydroxylation sites is 1. The Morgan fingerprint density at radius 2 is 2.10 bits per heavy atom. The second kappa shape index (κ2) is 8.26. The summed E-state index contributed by atoms with van der Waals surface area (Å²) in [5, 5.41) is 14.6. The second-order valence-electron chi connectivity index (χ2n) is 4.84. The number of urea groups is 1. The van der Waals surface area contributed by atoms with Gasteiger partial charge in [0.05, 0.1) is 23.9 Å². The number of carboxylic acids is 1. The number of carboxylic acid groups (broad SMARTS) is 1. The molecule has 0 radical (unpaired) electrons. The van der Waals surface area contributed by atoms with Crippen LogP contribution < -0.4 is 10.6 Å². The van der Waals surface area contributed by atoms with Crippen LogP contribution in [0.3, 0.4) is 0 Å². The quantitative estimate of drug-likeness (QED) is 0.721. The number of nitrogens with one attached hydrogen (secondary N) is 2. The predicted molar refractivity (Wildman–Crippen MR) is 80.9 cm³/mol. The number of ether oxygens (including phenoxy) is 1. The van der Waals surface area contributed by atoms with Gasteiger partial charge in [0.15, 0.2) is 0 Å². The Labute approximate surface area is 124 Å². The molecule has 21 heavy (non-hydrogen) atoms. The van der Waals surface area contributed by atoms with Gasteiger partial charge in [-0.2, -0.15) is 0 Å². The minimum absolute atomic E-state index is 0.0731. The van der Waals surface area contributed by atoms with Gasteiger partial charge < -0.3 is 20.5 Å². The van der Waals surface area contributed by atoms with Crippen molar-refractivity contribution in [1.82, 2.24) is 5.32 Å². The summed E-state index contributed by atoms with van der Waals surface area (Å²) in [6.07, 6.45) is 1.71. The highest BCUT2D eigenvalue weighted by Gasteiger charge is 2.16. The Hall–Kier alpha value is -2.08. The monoisotopic (exact) mass is 294 g/mol. The standard InChI is InChI=1S/C15H22N2O4/c1-4-6-11(9-21-3)16-15(20)17-13-10(2)7-5-8-12(13)14(18)19/h5,7-8,11H,4,6,9H2,1-3H3,(H,18,19)(H2,16,17,20). The summed E-state index contributed by atoms with van der Waals surface area (Å²) in [4.78, 5) is 23.2. The number of benzene rings is 1. The number of amides is 2. The van der Waals surface area contributed by atoms with Crippen LogP contribution in [-0.2, 0) is 4.74 Å². The number of anilines is 1. The second-order valence-corrected chi connectivity index (χ2v) is 4.84. The maximum Gasteiger partial charge on any atom is 0.337 e. The molecule has 0 aromatic heterocycles. The van der Waals surface area contributed by atoms with Crippen molar-refractivity contribution in [2.45, 2.75) is 32.7 Å². The third kappa shape index (κ3) is 5.07. The molecule has 0 spiro atoms. The van der Waals surface area contributed by atoms with Gasteiger partial charge in [0.25, 0.3) is 0 Å². The highest BCUT2D eigenvalue weighted by molar-refractivity contribution is 6.01. The highest BCUT2D eigenvalue weighted by Crippen LogP contribution is 2.20. The molecular formula is C15H22N2O4. The van der Waals surface area contributed by atoms with Crippen LogP contribution in [0.5, 0.6) is 0 Å². The first-order valence-corrected chi connectivity index (χ1v) is 6.89. The van der Waals surface area contributed by atoms with Crippen molar-refractivity contribution in [3.8, 4) is 0 Å². The molecule has 1 aromatic carbocycles. The van der Waals surface area contributed by atoms with E-state index in [1.807, 2.05) is 6.92 Å². The van der Waals surface area contributed by atoms with E-state index in [-0.39, 0.29) is 11.6 Å². The first kappa shape index (κ1) is 17.0. The van der Waals surface area contributed by atoms with Crippen LogP contribution in [0.2, 0.25) is 0 Å². The van der Waals surface area contributed by atoms with E-state index in [4.69, 9.17) is 9.84 Å². The van der Waals surface area contributed by atoms with Crippen LogP contribution in [0, 0.1) is 6.92 Å². The molecule has 1 rings (SSSR count). The van der Waals surface area contributed by atoms with Crippen LogP contribution in [0.25, 0.3) is 0 Å². The number of hydrogen-bond donors (Lipinski definition) is 3. The molecule has 1 aromatic rings. The molecule has 0 saturated carbocycles. The number of aryl methyl sites for hydroxylation is 1. The predicted octanol–water partition coefficient (Wildman–Crippen LogP) is 2.63. The molecule has 0 aliphatic rings. The average molecular weight is 294 g/mol. The number of hydrogen-bond acceptors (Lipinski definition) is 3. The zero-order valence-electron chi connectivity index (χ0n) is 12.6. The van der Waals surface area contributed by atoms with E-state index in [1.54, 1.807) is 26.2 Å². The van der Waals surface area contributed by atoms with Gasteiger partial charge in [-0.25, -0.2) is 9.59 Å². The van der Waals surface area contributed by atoms with Crippen LogP contribution in [-0.4, -0.2) is 36.9 Å². The van der Waals surface area contributed by atoms with Crippen molar-refractivity contribution in [3.05, 3.63) is 29.3 Å². The van der Waals surface area contributed by atoms with Crippen molar-refractivity contribution >= 4 is 17.7 Å². The molecule has 0 aliphatic heterocycles. The van der Waals surface area contributed by atoms with E-state index in [9.17, 15) is 9.59 Å². The molecule has 2 amide bonds. The van der Waals surface area contributed by atoms with Crippen LogP contribution in [0.4, 0.5) is 10.5 Å². The maximum absolute atomic E-state index is 12.0. The fourth-order valence-corrected chi connectivity index (χ4v) is 2.09. The van der Waals surface area contributed by atoms with Crippen LogP contribution in [0.15, 0.2) is 18.2 Å². The number of rotatable bonds is 7. The fraction of sp³-hybridized carbons (Fsp3) is 0.467. The smallest absolute Gasteiger partial charge is 0.337 e. The molecule has 0 heterocycles. The van der Waals surface area contributed by atoms with Crippen molar-refractivity contribution in [3.63, 3.8) is 0 Å². The van der Waals surface area contributed by atoms with E-state index >= 15 is 0 Å². The van der Waals surface area contributed by atoms with Gasteiger partial charge in [0, 0.05) is 7.11 Å². The molecule has 6 heteroatoms. The van der Waals surface area contributed by atoms with Gasteiger partial charge in [-0.3, -0.25) is 0 Å². The molecule has 0 bridgehead atoms. The molecule has 1 unspecified atom stereocenters. The Bertz CT molecular complexity index is 496. The number of carbonyl (C=O) groups excluding carboxylic acids is 1. The summed E-state index contributed by atoms with van der Waals surface area (Å²) in [5.41, 5.74) is 1.09. The minimum atomic E-state index is -1.07. The summed E-state index contributed by atoms with van der Waals surface area (Å²) in [6, 6.07) is 4.33. The number of carbonyl (C=O) groups is 2. The summed E-state index contributed by atoms with van der Waals surface area (Å²) in [5.74, 6) is -1.07. The molecule has 0 saturated heterocycles. The summed E-state index contributed by atoms with van der Waals surface area (Å²) in [7, 11) is 1.58. The number of methoxy groups -OCH3 is 1. The summed E-state index contributed by atoms with van der Waals surface area (Å²) >= 11 is 0. The third-order valence-corrected chi connectivity index (χ3v) is 3.08. The van der Waals surface area contributed by atoms with E-state index in [0.29, 0.717) is 17.9 Å². The zero-order valence-corrected chi connectivity index (χ0v) is 12.6. The summed E-state index contributed by atoms with van der Waals surface area (Å²) in [6.45, 7) is 4.19. The van der Waals surface area contributed by atoms with Gasteiger partial charge in [-0.1, -0.05) is 25.5 Å². The average Bonchev–Trinajstić information content (AvgIpc) is 2.41. The van der Waals surface area contributed by atoms with Crippen molar-refractivity contribution in [2.75, 3.05) is 19.0 Å². The Kier molecular flexibility index (Phi) is 6.68. The molecular weight excluding hydrogens is 272 g/mol. The van der Waals surface area contributed by atoms with Gasteiger partial charge >= 0.3 is 12.0 Å². The lowest BCUT2D eigenvalue weighted by Gasteiger charge is -2.19. The lowest BCUT2D eigenvalue weighted by molar-refractivity contribution is 0.0698. The van der Waals surface area contributed by atoms with Crippen molar-refractivity contribution in [2.24, 2.45) is 0 Å². The van der Waals surface area contributed by atoms with E-state index in [1.165, 1.54) is 6.07 Å². The first-order valence-electron chi connectivity index (χ1n) is 6.89. The normalized spacial score (nSPS) is 11.8. The largest absolute Gasteiger partial charge is 0.478 e. The molecule has 1 atom stereocenters. The highest BCUT2D eigenvalue weighted by atomic mass is 16.5. The van der Waals surface area contributed by atoms with E-state index in [0.717, 1.165) is 12.8 Å². The van der Waals surface area contributed by atoms with Crippen LogP contribution >= 0.6 is 0 Å². The SMILES string of the molecule is CCCC(COC)NC(=O)Nc1c(C)cccc1C(=O)O. The molecule has 6 nitrogen and oxygen atoms in total. The maximum atomic E-state index is 12.0. The lowest BCUT2D eigenvalue weighted by Crippen LogP contribution is -2.40. The van der Waals surface area contributed by atoms with Gasteiger partial charge in [0.1, 0.15) is 0 Å². The molecule has 0 fully saturated rings. The summed E-state index contributed by atoms with van der Waals surface area (Å²) < 4.78 is 5.06. The minimum Gasteiger partial charge on any atom is -0.478 e. The van der Waals surface area contributed by atoms with Crippen LogP contribution in [0.1, 0.15) is 35.7 Å².